The predicted octanol–water partition coefficient (Wildman–Crippen LogP) is 1.19. The monoisotopic (exact) mass is 371 g/mol. The van der Waals surface area contributed by atoms with Crippen LogP contribution in [-0.4, -0.2) is 52.0 Å². The minimum atomic E-state index is 0. The first-order chi connectivity index (χ1) is 11.2. The molecule has 4 heteroatoms. The number of benzene rings is 1. The quantitative estimate of drug-likeness (QED) is 0.429. The zero-order chi connectivity index (χ0) is 18.2. The van der Waals surface area contributed by atoms with E-state index >= 15 is 0 Å². The summed E-state index contributed by atoms with van der Waals surface area (Å²) in [6, 6.07) is 6.48. The molecule has 0 unspecified atom stereocenters. The molecular weight excluding hydrogens is 334 g/mol. The zero-order valence-electron chi connectivity index (χ0n) is 17.3. The molecule has 1 rings (SSSR count). The summed E-state index contributed by atoms with van der Waals surface area (Å²) in [4.78, 5) is 0. The van der Waals surface area contributed by atoms with E-state index in [1.807, 2.05) is 0 Å². The Kier molecular flexibility index (Phi) is 11.4. The van der Waals surface area contributed by atoms with Gasteiger partial charge in [-0.1, -0.05) is 39.8 Å². The molecule has 0 bridgehead atoms. The highest BCUT2D eigenvalue weighted by Gasteiger charge is 2.13. The molecule has 3 nitrogen and oxygen atoms in total. The van der Waals surface area contributed by atoms with E-state index in [1.165, 1.54) is 11.1 Å². The molecule has 0 fully saturated rings. The van der Waals surface area contributed by atoms with Gasteiger partial charge in [0.05, 0.1) is 34.4 Å². The Balaban J connectivity index is 0.00000576. The van der Waals surface area contributed by atoms with Gasteiger partial charge >= 0.3 is 0 Å². The topological polar surface area (TPSA) is 18.5 Å². The Hall–Kier alpha value is -0.770. The zero-order valence-corrected chi connectivity index (χ0v) is 18.0. The van der Waals surface area contributed by atoms with E-state index < -0.39 is 0 Å². The first kappa shape index (κ1) is 24.2. The number of hydrogen-bond acceptors (Lipinski definition) is 2. The van der Waals surface area contributed by atoms with Crippen LogP contribution in [-0.2, 0) is 17.6 Å². The third kappa shape index (κ3) is 10.7. The highest BCUT2D eigenvalue weighted by Crippen LogP contribution is 2.27. The maximum atomic E-state index is 6.06. The smallest absolute Gasteiger partial charge is 0.122 e. The molecular formula is C21H38ClNO2. The average molecular weight is 372 g/mol. The van der Waals surface area contributed by atoms with Crippen molar-refractivity contribution in [2.45, 2.75) is 40.5 Å². The molecule has 1 aromatic carbocycles. The number of rotatable bonds is 11. The third-order valence-electron chi connectivity index (χ3n) is 3.86. The number of likely N-dealkylation sites (N-methyl/N-ethyl adjacent to an activating group) is 1. The largest absolute Gasteiger partial charge is 1.00 e. The lowest BCUT2D eigenvalue weighted by Gasteiger charge is -2.23. The molecule has 0 amide bonds. The van der Waals surface area contributed by atoms with Gasteiger partial charge in [-0.25, -0.2) is 0 Å². The highest BCUT2D eigenvalue weighted by atomic mass is 35.5. The summed E-state index contributed by atoms with van der Waals surface area (Å²) < 4.78 is 12.7. The summed E-state index contributed by atoms with van der Waals surface area (Å²) in [6.45, 7) is 12.1. The van der Waals surface area contributed by atoms with Gasteiger partial charge in [0.15, 0.2) is 0 Å². The summed E-state index contributed by atoms with van der Waals surface area (Å²) in [7, 11) is 6.54. The molecule has 0 atom stereocenters. The van der Waals surface area contributed by atoms with Crippen LogP contribution in [0.5, 0.6) is 5.75 Å². The van der Waals surface area contributed by atoms with E-state index in [1.54, 1.807) is 0 Å². The number of nitrogens with zero attached hydrogens (tertiary/aromatic N) is 1. The average Bonchev–Trinajstić information content (AvgIpc) is 2.43. The van der Waals surface area contributed by atoms with Crippen molar-refractivity contribution < 1.29 is 26.4 Å². The molecule has 0 aromatic heterocycles. The van der Waals surface area contributed by atoms with Gasteiger partial charge in [-0.15, -0.1) is 0 Å². The van der Waals surface area contributed by atoms with Crippen LogP contribution in [0, 0.1) is 11.8 Å². The van der Waals surface area contributed by atoms with Crippen molar-refractivity contribution in [3.05, 3.63) is 29.3 Å². The van der Waals surface area contributed by atoms with Crippen LogP contribution in [0.25, 0.3) is 0 Å². The van der Waals surface area contributed by atoms with E-state index in [0.29, 0.717) is 25.0 Å². The Labute approximate surface area is 161 Å². The maximum Gasteiger partial charge on any atom is 0.122 e. The minimum Gasteiger partial charge on any atom is -1.00 e. The van der Waals surface area contributed by atoms with Crippen LogP contribution in [0.15, 0.2) is 18.2 Å². The molecule has 0 N–H and O–H groups in total. The van der Waals surface area contributed by atoms with Crippen LogP contribution in [0.3, 0.4) is 0 Å². The van der Waals surface area contributed by atoms with Gasteiger partial charge in [0.2, 0.25) is 0 Å². The Morgan fingerprint density at radius 2 is 1.52 bits per heavy atom. The summed E-state index contributed by atoms with van der Waals surface area (Å²) in [5.41, 5.74) is 2.81. The van der Waals surface area contributed by atoms with Crippen molar-refractivity contribution in [2.24, 2.45) is 11.8 Å². The Morgan fingerprint density at radius 3 is 2.08 bits per heavy atom. The van der Waals surface area contributed by atoms with Crippen LogP contribution >= 0.6 is 0 Å². The van der Waals surface area contributed by atoms with Crippen LogP contribution in [0.1, 0.15) is 38.8 Å². The van der Waals surface area contributed by atoms with E-state index in [2.05, 4.69) is 67.0 Å². The second-order valence-corrected chi connectivity index (χ2v) is 8.56. The lowest BCUT2D eigenvalue weighted by atomic mass is 9.92. The summed E-state index contributed by atoms with van der Waals surface area (Å²) in [6.07, 6.45) is 2.18. The molecule has 0 heterocycles. The van der Waals surface area contributed by atoms with Gasteiger partial charge in [-0.2, -0.15) is 0 Å². The number of halogens is 1. The molecule has 0 saturated carbocycles. The van der Waals surface area contributed by atoms with Gasteiger partial charge < -0.3 is 26.4 Å². The molecule has 146 valence electrons. The Bertz CT molecular complexity index is 481. The number of ether oxygens (including phenoxy) is 2. The van der Waals surface area contributed by atoms with E-state index in [0.717, 1.165) is 36.2 Å². The lowest BCUT2D eigenvalue weighted by molar-refractivity contribution is -0.870. The molecule has 25 heavy (non-hydrogen) atoms. The van der Waals surface area contributed by atoms with Crippen LogP contribution < -0.4 is 17.1 Å². The molecule has 0 radical (unpaired) electrons. The second kappa shape index (κ2) is 11.8. The summed E-state index contributed by atoms with van der Waals surface area (Å²) in [5, 5.41) is 0. The normalized spacial score (nSPS) is 11.7. The summed E-state index contributed by atoms with van der Waals surface area (Å²) >= 11 is 0. The van der Waals surface area contributed by atoms with Crippen molar-refractivity contribution >= 4 is 0 Å². The van der Waals surface area contributed by atoms with Crippen molar-refractivity contribution in [1.82, 2.24) is 0 Å². The van der Waals surface area contributed by atoms with Crippen molar-refractivity contribution in [3.63, 3.8) is 0 Å². The fraction of sp³-hybridized carbons (Fsp3) is 0.714. The van der Waals surface area contributed by atoms with Crippen molar-refractivity contribution in [1.29, 1.82) is 0 Å². The first-order valence-corrected chi connectivity index (χ1v) is 9.31. The number of hydrogen-bond donors (Lipinski definition) is 0. The van der Waals surface area contributed by atoms with Crippen molar-refractivity contribution in [3.8, 4) is 5.75 Å². The molecule has 0 aliphatic carbocycles. The Morgan fingerprint density at radius 1 is 0.880 bits per heavy atom. The van der Waals surface area contributed by atoms with Gasteiger partial charge in [-0.3, -0.25) is 0 Å². The van der Waals surface area contributed by atoms with E-state index in [4.69, 9.17) is 9.47 Å². The van der Waals surface area contributed by atoms with Gasteiger partial charge in [-0.05, 0) is 41.9 Å². The van der Waals surface area contributed by atoms with E-state index in [-0.39, 0.29) is 12.4 Å². The first-order valence-electron chi connectivity index (χ1n) is 9.31. The second-order valence-electron chi connectivity index (χ2n) is 8.56. The molecule has 0 saturated heterocycles. The van der Waals surface area contributed by atoms with Gasteiger partial charge in [0.25, 0.3) is 0 Å². The summed E-state index contributed by atoms with van der Waals surface area (Å²) in [5.74, 6) is 2.32. The SMILES string of the molecule is CC(C)Cc1cccc(OCCOCC[N+](C)(C)C)c1CC(C)C.[Cl-]. The molecule has 0 aliphatic rings. The molecule has 0 spiro atoms. The van der Waals surface area contributed by atoms with E-state index in [9.17, 15) is 0 Å². The third-order valence-corrected chi connectivity index (χ3v) is 3.86. The standard InChI is InChI=1S/C21H38NO2.ClH/c1-17(2)15-19-9-8-10-21(20(19)16-18(3)4)24-14-13-23-12-11-22(5,6)7;/h8-10,17-18H,11-16H2,1-7H3;1H/q+1;/p-1. The van der Waals surface area contributed by atoms with Gasteiger partial charge in [0.1, 0.15) is 18.9 Å². The fourth-order valence-electron chi connectivity index (χ4n) is 2.67. The fourth-order valence-corrected chi connectivity index (χ4v) is 2.67. The highest BCUT2D eigenvalue weighted by molar-refractivity contribution is 5.41. The molecule has 1 aromatic rings. The lowest BCUT2D eigenvalue weighted by Crippen LogP contribution is -3.00. The van der Waals surface area contributed by atoms with Gasteiger partial charge in [0, 0.05) is 0 Å². The van der Waals surface area contributed by atoms with Crippen molar-refractivity contribution in [2.75, 3.05) is 47.5 Å². The predicted molar refractivity (Wildman–Crippen MR) is 103 cm³/mol. The number of quaternary nitrogens is 1. The van der Waals surface area contributed by atoms with Crippen LogP contribution in [0.4, 0.5) is 0 Å². The van der Waals surface area contributed by atoms with Crippen LogP contribution in [0.2, 0.25) is 0 Å². The molecule has 0 aliphatic heterocycles. The minimum absolute atomic E-state index is 0. The maximum absolute atomic E-state index is 6.06.